The molecule has 4 rings (SSSR count). The maximum atomic E-state index is 13.8. The van der Waals surface area contributed by atoms with Crippen LogP contribution in [0.5, 0.6) is 5.75 Å². The van der Waals surface area contributed by atoms with Gasteiger partial charge in [-0.05, 0) is 80.8 Å². The van der Waals surface area contributed by atoms with Crippen LogP contribution in [0.25, 0.3) is 5.57 Å². The maximum Gasteiger partial charge on any atom is 0.282 e. The van der Waals surface area contributed by atoms with Gasteiger partial charge in [0.15, 0.2) is 0 Å². The van der Waals surface area contributed by atoms with Crippen LogP contribution in [0.1, 0.15) is 30.5 Å². The number of imide groups is 1. The van der Waals surface area contributed by atoms with E-state index in [1.165, 1.54) is 4.90 Å². The zero-order valence-corrected chi connectivity index (χ0v) is 19.5. The summed E-state index contributed by atoms with van der Waals surface area (Å²) in [4.78, 5) is 30.8. The van der Waals surface area contributed by atoms with E-state index in [0.29, 0.717) is 35.9 Å². The van der Waals surface area contributed by atoms with E-state index in [2.05, 4.69) is 0 Å². The van der Waals surface area contributed by atoms with Gasteiger partial charge in [-0.1, -0.05) is 36.4 Å². The zero-order chi connectivity index (χ0) is 23.5. The molecule has 5 nitrogen and oxygen atoms in total. The van der Waals surface area contributed by atoms with Gasteiger partial charge >= 0.3 is 0 Å². The molecule has 0 aliphatic carbocycles. The number of benzene rings is 3. The van der Waals surface area contributed by atoms with Crippen LogP contribution in [-0.4, -0.2) is 25.0 Å². The van der Waals surface area contributed by atoms with Crippen LogP contribution in [0.2, 0.25) is 0 Å². The van der Waals surface area contributed by atoms with Gasteiger partial charge in [0.2, 0.25) is 0 Å². The molecule has 3 aromatic carbocycles. The number of hydrogen-bond donors (Lipinski definition) is 0. The number of likely N-dealkylation sites (N-methyl/N-ethyl adjacent to an activating group) is 1. The molecule has 168 valence electrons. The number of para-hydroxylation sites is 1. The average Bonchev–Trinajstić information content (AvgIpc) is 3.08. The molecular weight excluding hydrogens is 412 g/mol. The lowest BCUT2D eigenvalue weighted by Gasteiger charge is -2.25. The van der Waals surface area contributed by atoms with Gasteiger partial charge in [0.25, 0.3) is 11.8 Å². The van der Waals surface area contributed by atoms with Gasteiger partial charge in [-0.25, -0.2) is 4.90 Å². The molecule has 1 aliphatic heterocycles. The van der Waals surface area contributed by atoms with Crippen molar-refractivity contribution in [2.24, 2.45) is 0 Å². The van der Waals surface area contributed by atoms with Crippen LogP contribution < -0.4 is 14.5 Å². The topological polar surface area (TPSA) is 49.9 Å². The summed E-state index contributed by atoms with van der Waals surface area (Å²) in [6.07, 6.45) is 0. The summed E-state index contributed by atoms with van der Waals surface area (Å²) in [7, 11) is 0. The fourth-order valence-corrected chi connectivity index (χ4v) is 4.10. The lowest BCUT2D eigenvalue weighted by Crippen LogP contribution is -2.35. The van der Waals surface area contributed by atoms with E-state index in [9.17, 15) is 9.59 Å². The highest BCUT2D eigenvalue weighted by Crippen LogP contribution is 2.37. The second kappa shape index (κ2) is 9.33. The molecule has 0 spiro atoms. The van der Waals surface area contributed by atoms with E-state index < -0.39 is 0 Å². The van der Waals surface area contributed by atoms with Crippen molar-refractivity contribution in [3.63, 3.8) is 0 Å². The van der Waals surface area contributed by atoms with Crippen molar-refractivity contribution in [2.75, 3.05) is 23.0 Å². The zero-order valence-electron chi connectivity index (χ0n) is 19.5. The van der Waals surface area contributed by atoms with Gasteiger partial charge < -0.3 is 9.64 Å². The molecule has 3 aromatic rings. The molecule has 33 heavy (non-hydrogen) atoms. The normalized spacial score (nSPS) is 13.6. The standard InChI is InChI=1S/C28H28N2O3/c1-5-29(22-10-8-7-9-11-22)26-25(21-13-12-19(3)20(4)18-21)27(31)30(28(26)32)23-14-16-24(17-15-23)33-6-2/h7-18H,5-6H2,1-4H3. The second-order valence-corrected chi connectivity index (χ2v) is 7.98. The third-order valence-electron chi connectivity index (χ3n) is 5.91. The van der Waals surface area contributed by atoms with Crippen molar-refractivity contribution in [2.45, 2.75) is 27.7 Å². The number of aryl methyl sites for hydroxylation is 2. The summed E-state index contributed by atoms with van der Waals surface area (Å²) in [6, 6.07) is 22.6. The van der Waals surface area contributed by atoms with Crippen LogP contribution >= 0.6 is 0 Å². The van der Waals surface area contributed by atoms with Gasteiger partial charge in [-0.3, -0.25) is 9.59 Å². The predicted octanol–water partition coefficient (Wildman–Crippen LogP) is 5.51. The minimum absolute atomic E-state index is 0.322. The molecule has 1 heterocycles. The van der Waals surface area contributed by atoms with E-state index in [1.807, 2.05) is 81.1 Å². The van der Waals surface area contributed by atoms with E-state index in [-0.39, 0.29) is 11.8 Å². The van der Waals surface area contributed by atoms with Crippen molar-refractivity contribution < 1.29 is 14.3 Å². The highest BCUT2D eigenvalue weighted by molar-refractivity contribution is 6.46. The number of hydrogen-bond acceptors (Lipinski definition) is 4. The summed E-state index contributed by atoms with van der Waals surface area (Å²) in [5, 5.41) is 0. The molecule has 5 heteroatoms. The van der Waals surface area contributed by atoms with Crippen LogP contribution in [0.15, 0.2) is 78.5 Å². The van der Waals surface area contributed by atoms with Crippen molar-refractivity contribution in [3.05, 3.63) is 95.2 Å². The molecule has 0 unspecified atom stereocenters. The molecule has 0 N–H and O–H groups in total. The van der Waals surface area contributed by atoms with E-state index >= 15 is 0 Å². The van der Waals surface area contributed by atoms with Crippen LogP contribution in [0.3, 0.4) is 0 Å². The van der Waals surface area contributed by atoms with E-state index in [0.717, 1.165) is 22.4 Å². The highest BCUT2D eigenvalue weighted by atomic mass is 16.5. The number of anilines is 2. The minimum Gasteiger partial charge on any atom is -0.494 e. The molecular formula is C28H28N2O3. The monoisotopic (exact) mass is 440 g/mol. The van der Waals surface area contributed by atoms with E-state index in [1.54, 1.807) is 24.3 Å². The minimum atomic E-state index is -0.330. The largest absolute Gasteiger partial charge is 0.494 e. The molecule has 2 amide bonds. The summed E-state index contributed by atoms with van der Waals surface area (Å²) in [6.45, 7) is 9.03. The van der Waals surface area contributed by atoms with Crippen molar-refractivity contribution in [3.8, 4) is 5.75 Å². The molecule has 0 saturated heterocycles. The fraction of sp³-hybridized carbons (Fsp3) is 0.214. The summed E-state index contributed by atoms with van der Waals surface area (Å²) in [5.41, 5.74) is 5.15. The SMILES string of the molecule is CCOc1ccc(N2C(=O)C(c3ccc(C)c(C)c3)=C(N(CC)c3ccccc3)C2=O)cc1. The molecule has 0 radical (unpaired) electrons. The van der Waals surface area contributed by atoms with Crippen molar-refractivity contribution in [1.82, 2.24) is 0 Å². The lowest BCUT2D eigenvalue weighted by molar-refractivity contribution is -0.120. The fourth-order valence-electron chi connectivity index (χ4n) is 4.10. The lowest BCUT2D eigenvalue weighted by atomic mass is 9.99. The van der Waals surface area contributed by atoms with E-state index in [4.69, 9.17) is 4.74 Å². The first-order chi connectivity index (χ1) is 16.0. The first-order valence-electron chi connectivity index (χ1n) is 11.2. The Morgan fingerprint density at radius 3 is 2.12 bits per heavy atom. The third-order valence-corrected chi connectivity index (χ3v) is 5.91. The first kappa shape index (κ1) is 22.3. The summed E-state index contributed by atoms with van der Waals surface area (Å²) < 4.78 is 5.52. The number of carbonyl (C=O) groups is 2. The summed E-state index contributed by atoms with van der Waals surface area (Å²) >= 11 is 0. The van der Waals surface area contributed by atoms with Crippen LogP contribution in [0, 0.1) is 13.8 Å². The third kappa shape index (κ3) is 4.14. The molecule has 0 fully saturated rings. The molecule has 0 atom stereocenters. The highest BCUT2D eigenvalue weighted by Gasteiger charge is 2.42. The van der Waals surface area contributed by atoms with Crippen molar-refractivity contribution in [1.29, 1.82) is 0 Å². The first-order valence-corrected chi connectivity index (χ1v) is 11.2. The number of ether oxygens (including phenoxy) is 1. The number of rotatable bonds is 7. The molecule has 0 saturated carbocycles. The van der Waals surface area contributed by atoms with Gasteiger partial charge in [0, 0.05) is 12.2 Å². The van der Waals surface area contributed by atoms with Crippen LogP contribution in [0.4, 0.5) is 11.4 Å². The second-order valence-electron chi connectivity index (χ2n) is 7.98. The molecule has 1 aliphatic rings. The van der Waals surface area contributed by atoms with Gasteiger partial charge in [0.05, 0.1) is 17.9 Å². The Labute approximate surface area is 194 Å². The van der Waals surface area contributed by atoms with Gasteiger partial charge in [0.1, 0.15) is 11.4 Å². The summed E-state index contributed by atoms with van der Waals surface area (Å²) in [5.74, 6) is 0.0438. The predicted molar refractivity (Wildman–Crippen MR) is 132 cm³/mol. The quantitative estimate of drug-likeness (QED) is 0.455. The Balaban J connectivity index is 1.86. The molecule has 0 bridgehead atoms. The Morgan fingerprint density at radius 1 is 0.818 bits per heavy atom. The number of amides is 2. The Hall–Kier alpha value is -3.86. The Morgan fingerprint density at radius 2 is 1.52 bits per heavy atom. The van der Waals surface area contributed by atoms with Crippen molar-refractivity contribution >= 4 is 28.8 Å². The Kier molecular flexibility index (Phi) is 6.31. The maximum absolute atomic E-state index is 13.8. The van der Waals surface area contributed by atoms with Gasteiger partial charge in [-0.2, -0.15) is 0 Å². The van der Waals surface area contributed by atoms with Gasteiger partial charge in [-0.15, -0.1) is 0 Å². The Bertz CT molecular complexity index is 1210. The average molecular weight is 441 g/mol. The molecule has 0 aromatic heterocycles. The van der Waals surface area contributed by atoms with Crippen LogP contribution in [-0.2, 0) is 9.59 Å². The number of carbonyl (C=O) groups excluding carboxylic acids is 2. The smallest absolute Gasteiger partial charge is 0.282 e. The number of nitrogens with zero attached hydrogens (tertiary/aromatic N) is 2.